The zero-order valence-corrected chi connectivity index (χ0v) is 15.5. The fraction of sp³-hybridized carbons (Fsp3) is 0.286. The number of hydrogen-bond donors (Lipinski definition) is 1. The number of ether oxygens (including phenoxy) is 4. The number of amides is 1. The highest BCUT2D eigenvalue weighted by molar-refractivity contribution is 5.78. The van der Waals surface area contributed by atoms with E-state index in [0.29, 0.717) is 23.0 Å². The zero-order chi connectivity index (χ0) is 19.2. The Labute approximate surface area is 158 Å². The average Bonchev–Trinajstić information content (AvgIpc) is 3.14. The van der Waals surface area contributed by atoms with Gasteiger partial charge >= 0.3 is 0 Å². The smallest absolute Gasteiger partial charge is 0.258 e. The molecule has 0 aromatic heterocycles. The summed E-state index contributed by atoms with van der Waals surface area (Å²) in [5.74, 6) is 2.29. The second kappa shape index (κ2) is 8.49. The Morgan fingerprint density at radius 1 is 1.22 bits per heavy atom. The lowest BCUT2D eigenvalue weighted by Crippen LogP contribution is -2.31. The fourth-order valence-electron chi connectivity index (χ4n) is 2.82. The standard InChI is InChI=1S/C21H23NO5/c1-4-5-15-6-8-17(19(10-15)24-3)25-12-21(23)22-14(2)16-7-9-18-20(11-16)27-13-26-18/h4,6-11,14H,1,5,12-13H2,2-3H3,(H,22,23). The predicted octanol–water partition coefficient (Wildman–Crippen LogP) is 3.41. The van der Waals surface area contributed by atoms with Crippen LogP contribution in [0.25, 0.3) is 0 Å². The normalized spacial score (nSPS) is 13.0. The van der Waals surface area contributed by atoms with Crippen molar-refractivity contribution in [2.45, 2.75) is 19.4 Å². The molecule has 0 saturated carbocycles. The fourth-order valence-corrected chi connectivity index (χ4v) is 2.82. The maximum absolute atomic E-state index is 12.3. The zero-order valence-electron chi connectivity index (χ0n) is 15.5. The van der Waals surface area contributed by atoms with Crippen LogP contribution in [0.3, 0.4) is 0 Å². The molecule has 0 spiro atoms. The Morgan fingerprint density at radius 3 is 2.81 bits per heavy atom. The summed E-state index contributed by atoms with van der Waals surface area (Å²) in [4.78, 5) is 12.3. The Hall–Kier alpha value is -3.15. The van der Waals surface area contributed by atoms with Gasteiger partial charge in [-0.1, -0.05) is 18.2 Å². The molecule has 6 nitrogen and oxygen atoms in total. The van der Waals surface area contributed by atoms with Crippen molar-refractivity contribution < 1.29 is 23.7 Å². The quantitative estimate of drug-likeness (QED) is 0.723. The van der Waals surface area contributed by atoms with Crippen LogP contribution in [0.4, 0.5) is 0 Å². The summed E-state index contributed by atoms with van der Waals surface area (Å²) in [6.07, 6.45) is 2.56. The van der Waals surface area contributed by atoms with Gasteiger partial charge in [-0.3, -0.25) is 4.79 Å². The van der Waals surface area contributed by atoms with Crippen molar-refractivity contribution in [3.05, 3.63) is 60.2 Å². The number of nitrogens with one attached hydrogen (secondary N) is 1. The average molecular weight is 369 g/mol. The van der Waals surface area contributed by atoms with E-state index in [1.165, 1.54) is 0 Å². The van der Waals surface area contributed by atoms with Crippen molar-refractivity contribution in [1.82, 2.24) is 5.32 Å². The van der Waals surface area contributed by atoms with E-state index < -0.39 is 0 Å². The molecule has 0 bridgehead atoms. The molecule has 3 rings (SSSR count). The minimum atomic E-state index is -0.225. The lowest BCUT2D eigenvalue weighted by atomic mass is 10.1. The first-order valence-electron chi connectivity index (χ1n) is 8.70. The van der Waals surface area contributed by atoms with E-state index in [4.69, 9.17) is 18.9 Å². The SMILES string of the molecule is C=CCc1ccc(OCC(=O)NC(C)c2ccc3c(c2)OCO3)c(OC)c1. The van der Waals surface area contributed by atoms with Crippen LogP contribution < -0.4 is 24.3 Å². The van der Waals surface area contributed by atoms with Gasteiger partial charge in [0, 0.05) is 0 Å². The van der Waals surface area contributed by atoms with Gasteiger partial charge < -0.3 is 24.3 Å². The second-order valence-electron chi connectivity index (χ2n) is 6.17. The molecular formula is C21H23NO5. The Kier molecular flexibility index (Phi) is 5.86. The van der Waals surface area contributed by atoms with Gasteiger partial charge in [0.05, 0.1) is 13.2 Å². The molecule has 0 saturated heterocycles. The molecule has 0 radical (unpaired) electrons. The lowest BCUT2D eigenvalue weighted by Gasteiger charge is -2.16. The molecule has 1 aliphatic heterocycles. The highest BCUT2D eigenvalue weighted by atomic mass is 16.7. The summed E-state index contributed by atoms with van der Waals surface area (Å²) in [7, 11) is 1.57. The summed E-state index contributed by atoms with van der Waals surface area (Å²) < 4.78 is 21.6. The Bertz CT molecular complexity index is 833. The van der Waals surface area contributed by atoms with Crippen LogP contribution in [-0.2, 0) is 11.2 Å². The third-order valence-electron chi connectivity index (χ3n) is 4.24. The molecule has 1 atom stereocenters. The summed E-state index contributed by atoms with van der Waals surface area (Å²) in [6, 6.07) is 11.0. The Balaban J connectivity index is 1.57. The lowest BCUT2D eigenvalue weighted by molar-refractivity contribution is -0.123. The van der Waals surface area contributed by atoms with Crippen LogP contribution in [0.2, 0.25) is 0 Å². The summed E-state index contributed by atoms with van der Waals surface area (Å²) in [5.41, 5.74) is 1.99. The highest BCUT2D eigenvalue weighted by Crippen LogP contribution is 2.34. The highest BCUT2D eigenvalue weighted by Gasteiger charge is 2.17. The maximum Gasteiger partial charge on any atom is 0.258 e. The molecule has 0 aliphatic carbocycles. The first-order chi connectivity index (χ1) is 13.1. The first kappa shape index (κ1) is 18.6. The third kappa shape index (κ3) is 4.53. The van der Waals surface area contributed by atoms with Gasteiger partial charge in [0.15, 0.2) is 29.6 Å². The number of hydrogen-bond acceptors (Lipinski definition) is 5. The topological polar surface area (TPSA) is 66.0 Å². The van der Waals surface area contributed by atoms with E-state index in [1.54, 1.807) is 13.2 Å². The van der Waals surface area contributed by atoms with E-state index in [9.17, 15) is 4.79 Å². The van der Waals surface area contributed by atoms with Crippen LogP contribution in [-0.4, -0.2) is 26.4 Å². The van der Waals surface area contributed by atoms with Crippen LogP contribution >= 0.6 is 0 Å². The maximum atomic E-state index is 12.3. The molecule has 2 aromatic carbocycles. The van der Waals surface area contributed by atoms with Crippen molar-refractivity contribution in [2.75, 3.05) is 20.5 Å². The minimum absolute atomic E-state index is 0.105. The second-order valence-corrected chi connectivity index (χ2v) is 6.17. The van der Waals surface area contributed by atoms with Crippen molar-refractivity contribution in [2.24, 2.45) is 0 Å². The molecule has 1 N–H and O–H groups in total. The van der Waals surface area contributed by atoms with Gasteiger partial charge in [0.1, 0.15) is 0 Å². The third-order valence-corrected chi connectivity index (χ3v) is 4.24. The predicted molar refractivity (Wildman–Crippen MR) is 102 cm³/mol. The van der Waals surface area contributed by atoms with Gasteiger partial charge in [-0.15, -0.1) is 6.58 Å². The van der Waals surface area contributed by atoms with Crippen LogP contribution in [0.5, 0.6) is 23.0 Å². The summed E-state index contributed by atoms with van der Waals surface area (Å²) in [5, 5.41) is 2.91. The number of rotatable bonds is 8. The summed E-state index contributed by atoms with van der Waals surface area (Å²) >= 11 is 0. The first-order valence-corrected chi connectivity index (χ1v) is 8.70. The number of benzene rings is 2. The molecule has 1 unspecified atom stereocenters. The van der Waals surface area contributed by atoms with Crippen LogP contribution in [0, 0.1) is 0 Å². The van der Waals surface area contributed by atoms with E-state index in [2.05, 4.69) is 11.9 Å². The molecule has 6 heteroatoms. The van der Waals surface area contributed by atoms with E-state index in [1.807, 2.05) is 43.3 Å². The largest absolute Gasteiger partial charge is 0.493 e. The van der Waals surface area contributed by atoms with Crippen molar-refractivity contribution >= 4 is 5.91 Å². The van der Waals surface area contributed by atoms with E-state index in [0.717, 1.165) is 17.5 Å². The number of carbonyl (C=O) groups excluding carboxylic acids is 1. The molecule has 1 aliphatic rings. The molecule has 1 heterocycles. The van der Waals surface area contributed by atoms with Gasteiger partial charge in [0.25, 0.3) is 5.91 Å². The van der Waals surface area contributed by atoms with E-state index in [-0.39, 0.29) is 25.3 Å². The molecule has 142 valence electrons. The van der Waals surface area contributed by atoms with Crippen LogP contribution in [0.1, 0.15) is 24.1 Å². The summed E-state index contributed by atoms with van der Waals surface area (Å²) in [6.45, 7) is 5.75. The minimum Gasteiger partial charge on any atom is -0.493 e. The molecular weight excluding hydrogens is 346 g/mol. The van der Waals surface area contributed by atoms with Gasteiger partial charge in [-0.25, -0.2) is 0 Å². The molecule has 2 aromatic rings. The van der Waals surface area contributed by atoms with Gasteiger partial charge in [-0.05, 0) is 48.7 Å². The van der Waals surface area contributed by atoms with Gasteiger partial charge in [0.2, 0.25) is 6.79 Å². The number of carbonyl (C=O) groups is 1. The molecule has 0 fully saturated rings. The Morgan fingerprint density at radius 2 is 2.04 bits per heavy atom. The van der Waals surface area contributed by atoms with Crippen molar-refractivity contribution in [3.63, 3.8) is 0 Å². The van der Waals surface area contributed by atoms with E-state index >= 15 is 0 Å². The number of methoxy groups -OCH3 is 1. The monoisotopic (exact) mass is 369 g/mol. The number of fused-ring (bicyclic) bond motifs is 1. The van der Waals surface area contributed by atoms with Crippen molar-refractivity contribution in [3.8, 4) is 23.0 Å². The number of allylic oxidation sites excluding steroid dienone is 1. The molecule has 1 amide bonds. The van der Waals surface area contributed by atoms with Gasteiger partial charge in [-0.2, -0.15) is 0 Å². The van der Waals surface area contributed by atoms with Crippen LogP contribution in [0.15, 0.2) is 49.1 Å². The molecule has 27 heavy (non-hydrogen) atoms. The van der Waals surface area contributed by atoms with Crippen molar-refractivity contribution in [1.29, 1.82) is 0 Å².